The van der Waals surface area contributed by atoms with Gasteiger partial charge in [-0.15, -0.1) is 0 Å². The number of primary amides is 1. The summed E-state index contributed by atoms with van der Waals surface area (Å²) < 4.78 is 0. The van der Waals surface area contributed by atoms with Crippen LogP contribution in [0.4, 0.5) is 4.79 Å². The Bertz CT molecular complexity index is 979. The van der Waals surface area contributed by atoms with Gasteiger partial charge in [0, 0.05) is 37.3 Å². The molecule has 1 atom stereocenters. The van der Waals surface area contributed by atoms with Crippen LogP contribution in [0.1, 0.15) is 55.2 Å². The number of benzene rings is 1. The highest BCUT2D eigenvalue weighted by molar-refractivity contribution is 6.07. The quantitative estimate of drug-likeness (QED) is 0.783. The van der Waals surface area contributed by atoms with E-state index >= 15 is 0 Å². The van der Waals surface area contributed by atoms with Crippen molar-refractivity contribution in [3.63, 3.8) is 0 Å². The van der Waals surface area contributed by atoms with Crippen molar-refractivity contribution in [2.24, 2.45) is 17.1 Å². The van der Waals surface area contributed by atoms with Crippen LogP contribution in [-0.4, -0.2) is 52.9 Å². The normalized spacial score (nSPS) is 20.0. The second-order valence-corrected chi connectivity index (χ2v) is 9.71. The third-order valence-electron chi connectivity index (χ3n) is 6.79. The van der Waals surface area contributed by atoms with Gasteiger partial charge in [0.2, 0.25) is 0 Å². The van der Waals surface area contributed by atoms with Crippen molar-refractivity contribution in [2.75, 3.05) is 26.2 Å². The number of urea groups is 1. The Kier molecular flexibility index (Phi) is 5.43. The SMILES string of the molecule is CC(C)(C)C1CCc2nc3ccccc3c(C(=O)N3CCCN(C(N)=O)CC3)c2C1. The van der Waals surface area contributed by atoms with Crippen LogP contribution in [0.5, 0.6) is 0 Å². The van der Waals surface area contributed by atoms with Gasteiger partial charge < -0.3 is 15.5 Å². The highest BCUT2D eigenvalue weighted by atomic mass is 16.2. The summed E-state index contributed by atoms with van der Waals surface area (Å²) in [5.41, 5.74) is 9.56. The highest BCUT2D eigenvalue weighted by Crippen LogP contribution is 2.39. The maximum atomic E-state index is 13.8. The van der Waals surface area contributed by atoms with E-state index in [1.807, 2.05) is 29.2 Å². The van der Waals surface area contributed by atoms with Gasteiger partial charge in [-0.25, -0.2) is 4.79 Å². The number of rotatable bonds is 1. The van der Waals surface area contributed by atoms with E-state index in [1.165, 1.54) is 0 Å². The van der Waals surface area contributed by atoms with E-state index in [4.69, 9.17) is 10.7 Å². The number of carbonyl (C=O) groups excluding carboxylic acids is 2. The van der Waals surface area contributed by atoms with Gasteiger partial charge >= 0.3 is 6.03 Å². The van der Waals surface area contributed by atoms with E-state index in [1.54, 1.807) is 4.90 Å². The van der Waals surface area contributed by atoms with Crippen LogP contribution in [0.3, 0.4) is 0 Å². The molecule has 160 valence electrons. The van der Waals surface area contributed by atoms with Gasteiger partial charge in [0.1, 0.15) is 0 Å². The van der Waals surface area contributed by atoms with Crippen molar-refractivity contribution < 1.29 is 9.59 Å². The lowest BCUT2D eigenvalue weighted by molar-refractivity contribution is 0.0761. The molecular weight excluding hydrogens is 376 g/mol. The molecule has 2 heterocycles. The van der Waals surface area contributed by atoms with Crippen molar-refractivity contribution in [2.45, 2.75) is 46.5 Å². The fourth-order valence-corrected chi connectivity index (χ4v) is 4.87. The average molecular weight is 409 g/mol. The molecule has 4 rings (SSSR count). The molecule has 1 saturated heterocycles. The van der Waals surface area contributed by atoms with Crippen molar-refractivity contribution in [1.29, 1.82) is 0 Å². The molecule has 0 bridgehead atoms. The molecule has 1 aliphatic carbocycles. The van der Waals surface area contributed by atoms with E-state index in [2.05, 4.69) is 20.8 Å². The number of nitrogens with zero attached hydrogens (tertiary/aromatic N) is 3. The molecule has 0 saturated carbocycles. The van der Waals surface area contributed by atoms with Crippen LogP contribution in [0.25, 0.3) is 10.9 Å². The average Bonchev–Trinajstić information content (AvgIpc) is 2.97. The van der Waals surface area contributed by atoms with E-state index in [0.29, 0.717) is 32.1 Å². The molecule has 2 aliphatic rings. The molecule has 0 spiro atoms. The molecule has 1 fully saturated rings. The van der Waals surface area contributed by atoms with Gasteiger partial charge in [-0.3, -0.25) is 9.78 Å². The summed E-state index contributed by atoms with van der Waals surface area (Å²) in [5.74, 6) is 0.583. The first-order valence-corrected chi connectivity index (χ1v) is 11.0. The van der Waals surface area contributed by atoms with Crippen LogP contribution in [0.15, 0.2) is 24.3 Å². The van der Waals surface area contributed by atoms with E-state index < -0.39 is 6.03 Å². The molecule has 0 radical (unpaired) electrons. The molecule has 1 aliphatic heterocycles. The topological polar surface area (TPSA) is 79.5 Å². The summed E-state index contributed by atoms with van der Waals surface area (Å²) >= 11 is 0. The zero-order valence-corrected chi connectivity index (χ0v) is 18.3. The van der Waals surface area contributed by atoms with Crippen molar-refractivity contribution >= 4 is 22.8 Å². The first-order chi connectivity index (χ1) is 14.3. The lowest BCUT2D eigenvalue weighted by Crippen LogP contribution is -2.40. The van der Waals surface area contributed by atoms with Gasteiger partial charge in [-0.1, -0.05) is 39.0 Å². The minimum Gasteiger partial charge on any atom is -0.351 e. The van der Waals surface area contributed by atoms with E-state index in [-0.39, 0.29) is 11.3 Å². The Balaban J connectivity index is 1.75. The van der Waals surface area contributed by atoms with Gasteiger partial charge in [0.25, 0.3) is 5.91 Å². The molecule has 2 aromatic rings. The Morgan fingerprint density at radius 1 is 1.07 bits per heavy atom. The Morgan fingerprint density at radius 2 is 1.77 bits per heavy atom. The first kappa shape index (κ1) is 20.6. The minimum absolute atomic E-state index is 0.0609. The Morgan fingerprint density at radius 3 is 2.50 bits per heavy atom. The molecule has 2 N–H and O–H groups in total. The number of amides is 3. The number of fused-ring (bicyclic) bond motifs is 2. The molecule has 30 heavy (non-hydrogen) atoms. The van der Waals surface area contributed by atoms with Crippen molar-refractivity contribution in [3.8, 4) is 0 Å². The maximum absolute atomic E-state index is 13.8. The number of para-hydroxylation sites is 1. The van der Waals surface area contributed by atoms with Crippen LogP contribution in [0, 0.1) is 11.3 Å². The molecule has 6 nitrogen and oxygen atoms in total. The number of hydrogen-bond acceptors (Lipinski definition) is 3. The second-order valence-electron chi connectivity index (χ2n) is 9.71. The van der Waals surface area contributed by atoms with Crippen LogP contribution in [-0.2, 0) is 12.8 Å². The summed E-state index contributed by atoms with van der Waals surface area (Å²) in [7, 11) is 0. The summed E-state index contributed by atoms with van der Waals surface area (Å²) in [6.45, 7) is 9.08. The molecular formula is C24H32N4O2. The standard InChI is InChI=1S/C24H32N4O2/c1-24(2,3)16-9-10-20-18(15-16)21(17-7-4-5-8-19(17)26-20)22(29)27-11-6-12-28(14-13-27)23(25)30/h4-5,7-8,16H,6,9-15H2,1-3H3,(H2,25,30). The number of nitrogens with two attached hydrogens (primary N) is 1. The fraction of sp³-hybridized carbons (Fsp3) is 0.542. The first-order valence-electron chi connectivity index (χ1n) is 11.0. The Hall–Kier alpha value is -2.63. The highest BCUT2D eigenvalue weighted by Gasteiger charge is 2.34. The number of aromatic nitrogens is 1. The van der Waals surface area contributed by atoms with Gasteiger partial charge in [0.15, 0.2) is 0 Å². The summed E-state index contributed by atoms with van der Waals surface area (Å²) in [4.78, 5) is 33.9. The number of hydrogen-bond donors (Lipinski definition) is 1. The smallest absolute Gasteiger partial charge is 0.314 e. The third-order valence-corrected chi connectivity index (χ3v) is 6.79. The molecule has 1 unspecified atom stereocenters. The maximum Gasteiger partial charge on any atom is 0.314 e. The molecule has 1 aromatic carbocycles. The third kappa shape index (κ3) is 3.87. The summed E-state index contributed by atoms with van der Waals surface area (Å²) in [5, 5.41) is 0.937. The van der Waals surface area contributed by atoms with E-state index in [9.17, 15) is 9.59 Å². The van der Waals surface area contributed by atoms with Crippen molar-refractivity contribution in [1.82, 2.24) is 14.8 Å². The zero-order valence-electron chi connectivity index (χ0n) is 18.3. The number of aryl methyl sites for hydroxylation is 1. The minimum atomic E-state index is -0.413. The van der Waals surface area contributed by atoms with Crippen LogP contribution >= 0.6 is 0 Å². The number of pyridine rings is 1. The van der Waals surface area contributed by atoms with Gasteiger partial charge in [0.05, 0.1) is 11.1 Å². The Labute approximate surface area is 178 Å². The van der Waals surface area contributed by atoms with Crippen LogP contribution in [0.2, 0.25) is 0 Å². The molecule has 6 heteroatoms. The second kappa shape index (κ2) is 7.89. The zero-order chi connectivity index (χ0) is 21.5. The predicted octanol–water partition coefficient (Wildman–Crippen LogP) is 3.61. The van der Waals surface area contributed by atoms with Gasteiger partial charge in [-0.05, 0) is 48.6 Å². The van der Waals surface area contributed by atoms with Crippen molar-refractivity contribution in [3.05, 3.63) is 41.1 Å². The summed E-state index contributed by atoms with van der Waals surface area (Å²) in [6.07, 6.45) is 3.65. The summed E-state index contributed by atoms with van der Waals surface area (Å²) in [6, 6.07) is 7.56. The predicted molar refractivity (Wildman–Crippen MR) is 118 cm³/mol. The fourth-order valence-electron chi connectivity index (χ4n) is 4.87. The largest absolute Gasteiger partial charge is 0.351 e. The number of carbonyl (C=O) groups is 2. The molecule has 1 aromatic heterocycles. The lowest BCUT2D eigenvalue weighted by atomic mass is 9.70. The van der Waals surface area contributed by atoms with E-state index in [0.717, 1.165) is 53.4 Å². The molecule has 3 amide bonds. The lowest BCUT2D eigenvalue weighted by Gasteiger charge is -2.36. The van der Waals surface area contributed by atoms with Gasteiger partial charge in [-0.2, -0.15) is 0 Å². The van der Waals surface area contributed by atoms with Crippen LogP contribution < -0.4 is 5.73 Å². The monoisotopic (exact) mass is 408 g/mol.